The van der Waals surface area contributed by atoms with Crippen LogP contribution in [0.5, 0.6) is 0 Å². The van der Waals surface area contributed by atoms with Crippen LogP contribution in [0, 0.1) is 12.7 Å². The zero-order valence-corrected chi connectivity index (χ0v) is 10.7. The van der Waals surface area contributed by atoms with Crippen molar-refractivity contribution >= 4 is 0 Å². The summed E-state index contributed by atoms with van der Waals surface area (Å²) in [7, 11) is 1.89. The molecule has 18 heavy (non-hydrogen) atoms. The Labute approximate surface area is 106 Å². The lowest BCUT2D eigenvalue weighted by Gasteiger charge is -2.12. The Kier molecular flexibility index (Phi) is 3.77. The van der Waals surface area contributed by atoms with Crippen LogP contribution in [0.3, 0.4) is 0 Å². The van der Waals surface area contributed by atoms with Crippen molar-refractivity contribution in [1.82, 2.24) is 9.78 Å². The average molecular weight is 247 g/mol. The standard InChI is InChI=1S/C14H18FN3/c1-10-3-5-12(7-13(10)15)14(16)6-4-11-8-17-18(2)9-11/h3,5,7-9,14H,4,6,16H2,1-2H3. The van der Waals surface area contributed by atoms with Crippen molar-refractivity contribution in [1.29, 1.82) is 0 Å². The predicted molar refractivity (Wildman–Crippen MR) is 69.6 cm³/mol. The summed E-state index contributed by atoms with van der Waals surface area (Å²) in [4.78, 5) is 0. The van der Waals surface area contributed by atoms with Gasteiger partial charge in [-0.3, -0.25) is 4.68 Å². The van der Waals surface area contributed by atoms with Gasteiger partial charge in [0.2, 0.25) is 0 Å². The number of halogens is 1. The molecule has 1 heterocycles. The van der Waals surface area contributed by atoms with Gasteiger partial charge >= 0.3 is 0 Å². The Balaban J connectivity index is 1.99. The van der Waals surface area contributed by atoms with Crippen molar-refractivity contribution in [3.05, 3.63) is 53.1 Å². The SMILES string of the molecule is Cc1ccc(C(N)CCc2cnn(C)c2)cc1F. The van der Waals surface area contributed by atoms with Gasteiger partial charge < -0.3 is 5.73 Å². The van der Waals surface area contributed by atoms with Crippen LogP contribution in [0.2, 0.25) is 0 Å². The zero-order chi connectivity index (χ0) is 13.1. The van der Waals surface area contributed by atoms with Crippen LogP contribution in [0.15, 0.2) is 30.6 Å². The van der Waals surface area contributed by atoms with Crippen molar-refractivity contribution in [2.24, 2.45) is 12.8 Å². The Morgan fingerprint density at radius 1 is 1.44 bits per heavy atom. The molecule has 96 valence electrons. The number of aryl methyl sites for hydroxylation is 3. The smallest absolute Gasteiger partial charge is 0.126 e. The van der Waals surface area contributed by atoms with Gasteiger partial charge in [0, 0.05) is 19.3 Å². The molecule has 1 aromatic heterocycles. The Morgan fingerprint density at radius 2 is 2.22 bits per heavy atom. The predicted octanol–water partition coefficient (Wildman–Crippen LogP) is 2.50. The van der Waals surface area contributed by atoms with E-state index in [9.17, 15) is 4.39 Å². The van der Waals surface area contributed by atoms with Crippen molar-refractivity contribution in [2.45, 2.75) is 25.8 Å². The molecule has 0 saturated heterocycles. The van der Waals surface area contributed by atoms with Crippen molar-refractivity contribution in [2.75, 3.05) is 0 Å². The van der Waals surface area contributed by atoms with Crippen molar-refractivity contribution in [3.8, 4) is 0 Å². The molecule has 3 nitrogen and oxygen atoms in total. The van der Waals surface area contributed by atoms with E-state index in [1.807, 2.05) is 25.5 Å². The van der Waals surface area contributed by atoms with Crippen molar-refractivity contribution < 1.29 is 4.39 Å². The number of hydrogen-bond acceptors (Lipinski definition) is 2. The van der Waals surface area contributed by atoms with Gasteiger partial charge in [-0.25, -0.2) is 4.39 Å². The molecule has 0 aliphatic carbocycles. The first-order valence-electron chi connectivity index (χ1n) is 6.05. The monoisotopic (exact) mass is 247 g/mol. The van der Waals surface area contributed by atoms with Gasteiger partial charge in [-0.2, -0.15) is 5.10 Å². The van der Waals surface area contributed by atoms with Gasteiger partial charge in [-0.05, 0) is 42.5 Å². The minimum Gasteiger partial charge on any atom is -0.324 e. The molecule has 0 spiro atoms. The topological polar surface area (TPSA) is 43.8 Å². The molecular weight excluding hydrogens is 229 g/mol. The Bertz CT molecular complexity index is 534. The summed E-state index contributed by atoms with van der Waals surface area (Å²) >= 11 is 0. The second kappa shape index (κ2) is 5.31. The van der Waals surface area contributed by atoms with E-state index in [0.717, 1.165) is 24.0 Å². The molecule has 0 radical (unpaired) electrons. The largest absolute Gasteiger partial charge is 0.324 e. The van der Waals surface area contributed by atoms with E-state index in [4.69, 9.17) is 5.73 Å². The second-order valence-corrected chi connectivity index (χ2v) is 4.68. The van der Waals surface area contributed by atoms with Crippen LogP contribution in [-0.4, -0.2) is 9.78 Å². The molecule has 1 unspecified atom stereocenters. The number of nitrogens with zero attached hydrogens (tertiary/aromatic N) is 2. The fourth-order valence-electron chi connectivity index (χ4n) is 1.93. The molecule has 0 bridgehead atoms. The van der Waals surface area contributed by atoms with E-state index in [1.165, 1.54) is 6.07 Å². The van der Waals surface area contributed by atoms with Crippen molar-refractivity contribution in [3.63, 3.8) is 0 Å². The zero-order valence-electron chi connectivity index (χ0n) is 10.7. The Morgan fingerprint density at radius 3 is 2.83 bits per heavy atom. The maximum atomic E-state index is 13.4. The normalized spacial score (nSPS) is 12.7. The fourth-order valence-corrected chi connectivity index (χ4v) is 1.93. The molecule has 0 amide bonds. The second-order valence-electron chi connectivity index (χ2n) is 4.68. The first-order valence-corrected chi connectivity index (χ1v) is 6.05. The minimum absolute atomic E-state index is 0.139. The van der Waals surface area contributed by atoms with Gasteiger partial charge in [0.05, 0.1) is 6.20 Å². The van der Waals surface area contributed by atoms with Gasteiger partial charge in [0.1, 0.15) is 5.82 Å². The van der Waals surface area contributed by atoms with Crippen LogP contribution in [0.1, 0.15) is 29.2 Å². The summed E-state index contributed by atoms with van der Waals surface area (Å²) in [6.07, 6.45) is 5.45. The lowest BCUT2D eigenvalue weighted by molar-refractivity contribution is 0.602. The molecule has 2 N–H and O–H groups in total. The molecule has 0 saturated carbocycles. The van der Waals surface area contributed by atoms with Crippen LogP contribution < -0.4 is 5.73 Å². The highest BCUT2D eigenvalue weighted by Crippen LogP contribution is 2.19. The lowest BCUT2D eigenvalue weighted by Crippen LogP contribution is -2.11. The Hall–Kier alpha value is -1.68. The third kappa shape index (κ3) is 2.96. The van der Waals surface area contributed by atoms with E-state index < -0.39 is 0 Å². The van der Waals surface area contributed by atoms with Gasteiger partial charge in [0.25, 0.3) is 0 Å². The summed E-state index contributed by atoms with van der Waals surface area (Å²) in [5.41, 5.74) is 8.73. The number of nitrogens with two attached hydrogens (primary N) is 1. The number of aromatic nitrogens is 2. The molecule has 1 aromatic carbocycles. The maximum Gasteiger partial charge on any atom is 0.126 e. The molecular formula is C14H18FN3. The molecule has 2 aromatic rings. The molecule has 0 aliphatic rings. The highest BCUT2D eigenvalue weighted by molar-refractivity contribution is 5.25. The summed E-state index contributed by atoms with van der Waals surface area (Å²) in [6, 6.07) is 5.06. The van der Waals surface area contributed by atoms with Crippen LogP contribution >= 0.6 is 0 Å². The van der Waals surface area contributed by atoms with E-state index in [0.29, 0.717) is 5.56 Å². The third-order valence-electron chi connectivity index (χ3n) is 3.13. The molecule has 1 atom stereocenters. The van der Waals surface area contributed by atoms with Crippen LogP contribution in [0.4, 0.5) is 4.39 Å². The average Bonchev–Trinajstić information content (AvgIpc) is 2.75. The lowest BCUT2D eigenvalue weighted by atomic mass is 10.00. The van der Waals surface area contributed by atoms with E-state index in [2.05, 4.69) is 5.10 Å². The van der Waals surface area contributed by atoms with Gasteiger partial charge in [-0.1, -0.05) is 12.1 Å². The minimum atomic E-state index is -0.190. The highest BCUT2D eigenvalue weighted by Gasteiger charge is 2.09. The molecule has 4 heteroatoms. The summed E-state index contributed by atoms with van der Waals surface area (Å²) in [5, 5.41) is 4.11. The summed E-state index contributed by atoms with van der Waals surface area (Å²) < 4.78 is 15.2. The number of hydrogen-bond donors (Lipinski definition) is 1. The fraction of sp³-hybridized carbons (Fsp3) is 0.357. The van der Waals surface area contributed by atoms with Gasteiger partial charge in [0.15, 0.2) is 0 Å². The molecule has 0 fully saturated rings. The molecule has 0 aliphatic heterocycles. The number of benzene rings is 1. The summed E-state index contributed by atoms with van der Waals surface area (Å²) in [6.45, 7) is 1.75. The first kappa shape index (κ1) is 12.8. The van der Waals surface area contributed by atoms with Crippen LogP contribution in [-0.2, 0) is 13.5 Å². The van der Waals surface area contributed by atoms with E-state index in [-0.39, 0.29) is 11.9 Å². The maximum absolute atomic E-state index is 13.4. The summed E-state index contributed by atoms with van der Waals surface area (Å²) in [5.74, 6) is -0.190. The third-order valence-corrected chi connectivity index (χ3v) is 3.13. The molecule has 2 rings (SSSR count). The van der Waals surface area contributed by atoms with Gasteiger partial charge in [-0.15, -0.1) is 0 Å². The van der Waals surface area contributed by atoms with Crippen LogP contribution in [0.25, 0.3) is 0 Å². The van der Waals surface area contributed by atoms with E-state index >= 15 is 0 Å². The number of rotatable bonds is 4. The quantitative estimate of drug-likeness (QED) is 0.902. The van der Waals surface area contributed by atoms with E-state index in [1.54, 1.807) is 17.7 Å². The highest BCUT2D eigenvalue weighted by atomic mass is 19.1. The first-order chi connectivity index (χ1) is 8.56.